The van der Waals surface area contributed by atoms with Crippen LogP contribution in [0.4, 0.5) is 0 Å². The van der Waals surface area contributed by atoms with Gasteiger partial charge in [0.05, 0.1) is 18.3 Å². The molecule has 1 rings (SSSR count). The Labute approximate surface area is 62.2 Å². The van der Waals surface area contributed by atoms with E-state index >= 15 is 0 Å². The van der Waals surface area contributed by atoms with Crippen molar-refractivity contribution in [2.24, 2.45) is 5.92 Å². The molecule has 4 atom stereocenters. The van der Waals surface area contributed by atoms with E-state index in [1.54, 1.807) is 0 Å². The summed E-state index contributed by atoms with van der Waals surface area (Å²) < 4.78 is 5.42. The van der Waals surface area contributed by atoms with E-state index in [1.165, 1.54) is 0 Å². The molecule has 1 saturated heterocycles. The predicted molar refractivity (Wildman–Crippen MR) is 39.8 cm³/mol. The maximum atomic E-state index is 9.44. The van der Waals surface area contributed by atoms with Crippen LogP contribution in [-0.4, -0.2) is 23.4 Å². The fourth-order valence-corrected chi connectivity index (χ4v) is 1.63. The van der Waals surface area contributed by atoms with Crippen LogP contribution in [0, 0.1) is 5.92 Å². The van der Waals surface area contributed by atoms with Crippen molar-refractivity contribution < 1.29 is 9.84 Å². The second-order valence-electron chi connectivity index (χ2n) is 3.36. The lowest BCUT2D eigenvalue weighted by Gasteiger charge is -2.34. The lowest BCUT2D eigenvalue weighted by atomic mass is 9.92. The van der Waals surface area contributed by atoms with Gasteiger partial charge in [-0.3, -0.25) is 0 Å². The molecule has 1 heterocycles. The summed E-state index contributed by atoms with van der Waals surface area (Å²) in [5, 5.41) is 9.44. The van der Waals surface area contributed by atoms with Gasteiger partial charge < -0.3 is 9.84 Å². The van der Waals surface area contributed by atoms with Gasteiger partial charge in [-0.2, -0.15) is 0 Å². The van der Waals surface area contributed by atoms with Crippen molar-refractivity contribution in [1.82, 2.24) is 0 Å². The first kappa shape index (κ1) is 8.02. The molecular weight excluding hydrogens is 128 g/mol. The molecule has 10 heavy (non-hydrogen) atoms. The summed E-state index contributed by atoms with van der Waals surface area (Å²) in [6, 6.07) is 0. The highest BCUT2D eigenvalue weighted by molar-refractivity contribution is 4.78. The van der Waals surface area contributed by atoms with Crippen molar-refractivity contribution in [3.05, 3.63) is 0 Å². The first-order chi connectivity index (χ1) is 4.61. The van der Waals surface area contributed by atoms with E-state index in [0.717, 1.165) is 6.42 Å². The van der Waals surface area contributed by atoms with Crippen LogP contribution < -0.4 is 0 Å². The van der Waals surface area contributed by atoms with E-state index in [4.69, 9.17) is 4.74 Å². The molecular formula is C8H16O2. The highest BCUT2D eigenvalue weighted by Crippen LogP contribution is 2.24. The molecule has 0 aliphatic carbocycles. The van der Waals surface area contributed by atoms with Crippen LogP contribution in [0.3, 0.4) is 0 Å². The normalized spacial score (nSPS) is 49.2. The maximum absolute atomic E-state index is 9.44. The number of aliphatic hydroxyl groups excluding tert-OH is 1. The molecule has 1 fully saturated rings. The van der Waals surface area contributed by atoms with Gasteiger partial charge >= 0.3 is 0 Å². The molecule has 1 aliphatic heterocycles. The Hall–Kier alpha value is -0.0800. The van der Waals surface area contributed by atoms with Gasteiger partial charge in [0.25, 0.3) is 0 Å². The molecule has 0 radical (unpaired) electrons. The van der Waals surface area contributed by atoms with Crippen LogP contribution in [0.15, 0.2) is 0 Å². The Balaban J connectivity index is 2.49. The van der Waals surface area contributed by atoms with Crippen LogP contribution >= 0.6 is 0 Å². The minimum Gasteiger partial charge on any atom is -0.390 e. The standard InChI is InChI=1S/C8H16O2/c1-5-4-6(2)10-7(3)8(5)9/h5-9H,4H2,1-3H3/t5?,6-,7+,8-/m1/s1. The molecule has 1 unspecified atom stereocenters. The van der Waals surface area contributed by atoms with Crippen molar-refractivity contribution in [3.8, 4) is 0 Å². The molecule has 2 nitrogen and oxygen atoms in total. The summed E-state index contributed by atoms with van der Waals surface area (Å²) >= 11 is 0. The third-order valence-electron chi connectivity index (χ3n) is 2.21. The molecule has 60 valence electrons. The Morgan fingerprint density at radius 2 is 1.90 bits per heavy atom. The Bertz CT molecular complexity index is 102. The van der Waals surface area contributed by atoms with E-state index in [0.29, 0.717) is 12.0 Å². The molecule has 0 aromatic carbocycles. The molecule has 2 heteroatoms. The van der Waals surface area contributed by atoms with E-state index in [1.807, 2.05) is 6.92 Å². The van der Waals surface area contributed by atoms with Gasteiger partial charge in [-0.1, -0.05) is 6.92 Å². The van der Waals surface area contributed by atoms with Crippen molar-refractivity contribution in [2.45, 2.75) is 45.5 Å². The van der Waals surface area contributed by atoms with Gasteiger partial charge in [-0.15, -0.1) is 0 Å². The number of rotatable bonds is 0. The van der Waals surface area contributed by atoms with Gasteiger partial charge in [0.1, 0.15) is 0 Å². The lowest BCUT2D eigenvalue weighted by molar-refractivity contribution is -0.126. The average molecular weight is 144 g/mol. The zero-order valence-electron chi connectivity index (χ0n) is 6.87. The average Bonchev–Trinajstić information content (AvgIpc) is 1.82. The fraction of sp³-hybridized carbons (Fsp3) is 1.00. The van der Waals surface area contributed by atoms with E-state index in [2.05, 4.69) is 13.8 Å². The van der Waals surface area contributed by atoms with Crippen molar-refractivity contribution >= 4 is 0 Å². The molecule has 0 spiro atoms. The fourth-order valence-electron chi connectivity index (χ4n) is 1.63. The molecule has 0 saturated carbocycles. The topological polar surface area (TPSA) is 29.5 Å². The Morgan fingerprint density at radius 3 is 2.40 bits per heavy atom. The predicted octanol–water partition coefficient (Wildman–Crippen LogP) is 1.18. The first-order valence-corrected chi connectivity index (χ1v) is 3.94. The minimum absolute atomic E-state index is 0.0127. The zero-order valence-corrected chi connectivity index (χ0v) is 6.87. The van der Waals surface area contributed by atoms with Crippen molar-refractivity contribution in [1.29, 1.82) is 0 Å². The van der Waals surface area contributed by atoms with E-state index < -0.39 is 0 Å². The molecule has 1 aliphatic rings. The highest BCUT2D eigenvalue weighted by Gasteiger charge is 2.29. The number of hydrogen-bond acceptors (Lipinski definition) is 2. The van der Waals surface area contributed by atoms with Crippen molar-refractivity contribution in [2.75, 3.05) is 0 Å². The smallest absolute Gasteiger partial charge is 0.0825 e. The van der Waals surface area contributed by atoms with Crippen LogP contribution in [0.25, 0.3) is 0 Å². The molecule has 0 aromatic heterocycles. The molecule has 0 aromatic rings. The van der Waals surface area contributed by atoms with Crippen LogP contribution in [0.2, 0.25) is 0 Å². The molecule has 0 bridgehead atoms. The lowest BCUT2D eigenvalue weighted by Crippen LogP contribution is -2.41. The highest BCUT2D eigenvalue weighted by atomic mass is 16.5. The third kappa shape index (κ3) is 1.50. The summed E-state index contributed by atoms with van der Waals surface area (Å²) in [5.74, 6) is 0.388. The van der Waals surface area contributed by atoms with Gasteiger partial charge in [0, 0.05) is 0 Å². The Kier molecular flexibility index (Phi) is 2.32. The quantitative estimate of drug-likeness (QED) is 0.553. The zero-order chi connectivity index (χ0) is 7.72. The SMILES string of the molecule is CC1C[C@@H](C)O[C@@H](C)[C@@H]1O. The van der Waals surface area contributed by atoms with E-state index in [9.17, 15) is 5.11 Å². The molecule has 1 N–H and O–H groups in total. The van der Waals surface area contributed by atoms with Crippen LogP contribution in [-0.2, 0) is 4.74 Å². The second kappa shape index (κ2) is 2.89. The van der Waals surface area contributed by atoms with Crippen molar-refractivity contribution in [3.63, 3.8) is 0 Å². The largest absolute Gasteiger partial charge is 0.390 e. The summed E-state index contributed by atoms with van der Waals surface area (Å²) in [6.45, 7) is 6.05. The van der Waals surface area contributed by atoms with E-state index in [-0.39, 0.29) is 12.2 Å². The Morgan fingerprint density at radius 1 is 1.30 bits per heavy atom. The number of ether oxygens (including phenoxy) is 1. The monoisotopic (exact) mass is 144 g/mol. The van der Waals surface area contributed by atoms with Crippen LogP contribution in [0.1, 0.15) is 27.2 Å². The first-order valence-electron chi connectivity index (χ1n) is 3.94. The van der Waals surface area contributed by atoms with Gasteiger partial charge in [-0.05, 0) is 26.2 Å². The summed E-state index contributed by atoms with van der Waals surface area (Å²) in [7, 11) is 0. The number of aliphatic hydroxyl groups is 1. The third-order valence-corrected chi connectivity index (χ3v) is 2.21. The van der Waals surface area contributed by atoms with Crippen LogP contribution in [0.5, 0.6) is 0 Å². The molecule has 0 amide bonds. The van der Waals surface area contributed by atoms with Gasteiger partial charge in [0.2, 0.25) is 0 Å². The summed E-state index contributed by atoms with van der Waals surface area (Å²) in [4.78, 5) is 0. The second-order valence-corrected chi connectivity index (χ2v) is 3.36. The van der Waals surface area contributed by atoms with Gasteiger partial charge in [0.15, 0.2) is 0 Å². The minimum atomic E-state index is -0.267. The summed E-state index contributed by atoms with van der Waals surface area (Å²) in [6.07, 6.45) is 1.04. The number of hydrogen-bond donors (Lipinski definition) is 1. The maximum Gasteiger partial charge on any atom is 0.0825 e. The van der Waals surface area contributed by atoms with Gasteiger partial charge in [-0.25, -0.2) is 0 Å². The summed E-state index contributed by atoms with van der Waals surface area (Å²) in [5.41, 5.74) is 0.